The Kier molecular flexibility index (Phi) is 2.00. The summed E-state index contributed by atoms with van der Waals surface area (Å²) in [5, 5.41) is 6.85. The summed E-state index contributed by atoms with van der Waals surface area (Å²) in [6.45, 7) is 3.17. The van der Waals surface area contributed by atoms with Gasteiger partial charge in [-0.05, 0) is 18.1 Å². The number of para-hydroxylation sites is 1. The summed E-state index contributed by atoms with van der Waals surface area (Å²) in [6, 6.07) is 8.44. The number of anilines is 1. The molecule has 0 aromatic heterocycles. The summed E-state index contributed by atoms with van der Waals surface area (Å²) in [5.74, 6) is 0. The minimum atomic E-state index is 0. The zero-order valence-electron chi connectivity index (χ0n) is 7.30. The van der Waals surface area contributed by atoms with Crippen LogP contribution in [-0.2, 0) is 6.54 Å². The Morgan fingerprint density at radius 1 is 1.50 bits per heavy atom. The Morgan fingerprint density at radius 2 is 2.33 bits per heavy atom. The number of fused-ring (bicyclic) bond motifs is 1. The fourth-order valence-corrected chi connectivity index (χ4v) is 1.53. The molecule has 0 saturated heterocycles. The third kappa shape index (κ3) is 1.30. The van der Waals surface area contributed by atoms with Crippen molar-refractivity contribution in [3.8, 4) is 0 Å². The van der Waals surface area contributed by atoms with Crippen LogP contribution >= 0.6 is 0 Å². The lowest BCUT2D eigenvalue weighted by atomic mass is 10.1. The number of nitrogens with one attached hydrogen (secondary N) is 2. The zero-order chi connectivity index (χ0) is 8.39. The first kappa shape index (κ1) is 7.62. The molecule has 2 nitrogen and oxygen atoms in total. The molecule has 0 saturated carbocycles. The summed E-state index contributed by atoms with van der Waals surface area (Å²) in [5.41, 5.74) is 2.64. The maximum absolute atomic E-state index is 3.44. The van der Waals surface area contributed by atoms with Crippen molar-refractivity contribution in [2.45, 2.75) is 26.1 Å². The molecule has 0 bridgehead atoms. The van der Waals surface area contributed by atoms with Gasteiger partial charge in [-0.25, -0.2) is 0 Å². The van der Waals surface area contributed by atoms with Gasteiger partial charge in [0, 0.05) is 13.7 Å². The van der Waals surface area contributed by atoms with E-state index in [0.29, 0.717) is 6.17 Å². The van der Waals surface area contributed by atoms with Crippen LogP contribution in [0.3, 0.4) is 0 Å². The molecule has 2 N–H and O–H groups in total. The Bertz CT molecular complexity index is 275. The minimum Gasteiger partial charge on any atom is -0.370 e. The van der Waals surface area contributed by atoms with Crippen molar-refractivity contribution in [1.82, 2.24) is 5.32 Å². The van der Waals surface area contributed by atoms with Crippen LogP contribution in [0.5, 0.6) is 0 Å². The lowest BCUT2D eigenvalue weighted by molar-refractivity contribution is 0.528. The highest BCUT2D eigenvalue weighted by Crippen LogP contribution is 2.19. The van der Waals surface area contributed by atoms with Gasteiger partial charge in [-0.2, -0.15) is 0 Å². The molecular weight excluding hydrogens is 148 g/mol. The van der Waals surface area contributed by atoms with Gasteiger partial charge in [-0.3, -0.25) is 5.32 Å². The molecule has 0 spiro atoms. The summed E-state index contributed by atoms with van der Waals surface area (Å²) in [7, 11) is 0. The van der Waals surface area contributed by atoms with Crippen molar-refractivity contribution in [2.75, 3.05) is 5.32 Å². The number of hydrogen-bond acceptors (Lipinski definition) is 2. The number of rotatable bonds is 1. The maximum atomic E-state index is 3.44. The lowest BCUT2D eigenvalue weighted by Crippen LogP contribution is -2.39. The molecule has 66 valence electrons. The van der Waals surface area contributed by atoms with Gasteiger partial charge in [-0.1, -0.05) is 25.1 Å². The van der Waals surface area contributed by atoms with Crippen molar-refractivity contribution >= 4 is 5.69 Å². The van der Waals surface area contributed by atoms with E-state index in [4.69, 9.17) is 0 Å². The predicted octanol–water partition coefficient (Wildman–Crippen LogP) is 2.18. The van der Waals surface area contributed by atoms with Gasteiger partial charge in [-0.15, -0.1) is 0 Å². The van der Waals surface area contributed by atoms with E-state index < -0.39 is 0 Å². The molecule has 1 aromatic carbocycles. The Hall–Kier alpha value is -1.02. The smallest absolute Gasteiger partial charge is 0.0768 e. The molecule has 0 aliphatic carbocycles. The van der Waals surface area contributed by atoms with Crippen LogP contribution in [0.15, 0.2) is 24.3 Å². The van der Waals surface area contributed by atoms with Crippen LogP contribution in [-0.4, -0.2) is 6.17 Å². The predicted molar refractivity (Wildman–Crippen MR) is 53.1 cm³/mol. The minimum absolute atomic E-state index is 0. The summed E-state index contributed by atoms with van der Waals surface area (Å²) < 4.78 is 0. The third-order valence-corrected chi connectivity index (χ3v) is 2.29. The average Bonchev–Trinajstić information content (AvgIpc) is 2.17. The van der Waals surface area contributed by atoms with Crippen LogP contribution in [0, 0.1) is 0 Å². The molecule has 1 aliphatic rings. The van der Waals surface area contributed by atoms with Crippen LogP contribution in [0.25, 0.3) is 0 Å². The van der Waals surface area contributed by atoms with Crippen molar-refractivity contribution < 1.29 is 1.43 Å². The van der Waals surface area contributed by atoms with Gasteiger partial charge in [0.05, 0.1) is 6.17 Å². The molecule has 0 fully saturated rings. The Balaban J connectivity index is 0.000000845. The summed E-state index contributed by atoms with van der Waals surface area (Å²) >= 11 is 0. The second kappa shape index (κ2) is 3.15. The molecule has 1 aromatic rings. The molecule has 1 atom stereocenters. The highest BCUT2D eigenvalue weighted by molar-refractivity contribution is 5.53. The first-order valence-electron chi connectivity index (χ1n) is 4.48. The molecule has 2 rings (SSSR count). The van der Waals surface area contributed by atoms with Gasteiger partial charge in [0.2, 0.25) is 0 Å². The van der Waals surface area contributed by atoms with Crippen molar-refractivity contribution in [3.63, 3.8) is 0 Å². The molecule has 12 heavy (non-hydrogen) atoms. The van der Waals surface area contributed by atoms with Crippen molar-refractivity contribution in [3.05, 3.63) is 29.8 Å². The SMILES string of the molecule is CCC1NCc2ccccc2N1.[HH]. The average molecular weight is 164 g/mol. The topological polar surface area (TPSA) is 24.1 Å². The van der Waals surface area contributed by atoms with E-state index >= 15 is 0 Å². The first-order valence-corrected chi connectivity index (χ1v) is 4.48. The summed E-state index contributed by atoms with van der Waals surface area (Å²) in [6.07, 6.45) is 1.56. The molecule has 0 amide bonds. The first-order chi connectivity index (χ1) is 5.90. The van der Waals surface area contributed by atoms with Crippen molar-refractivity contribution in [1.29, 1.82) is 0 Å². The van der Waals surface area contributed by atoms with Gasteiger partial charge >= 0.3 is 0 Å². The van der Waals surface area contributed by atoms with Crippen molar-refractivity contribution in [2.24, 2.45) is 0 Å². The van der Waals surface area contributed by atoms with Gasteiger partial charge < -0.3 is 5.32 Å². The Morgan fingerprint density at radius 3 is 3.17 bits per heavy atom. The van der Waals surface area contributed by atoms with E-state index in [1.807, 2.05) is 0 Å². The van der Waals surface area contributed by atoms with Crippen LogP contribution in [0.4, 0.5) is 5.69 Å². The fraction of sp³-hybridized carbons (Fsp3) is 0.400. The molecule has 2 heteroatoms. The third-order valence-electron chi connectivity index (χ3n) is 2.29. The van der Waals surface area contributed by atoms with E-state index in [2.05, 4.69) is 41.8 Å². The number of benzene rings is 1. The molecule has 1 aliphatic heterocycles. The largest absolute Gasteiger partial charge is 0.370 e. The molecule has 1 heterocycles. The van der Waals surface area contributed by atoms with Gasteiger partial charge in [0.1, 0.15) is 0 Å². The van der Waals surface area contributed by atoms with E-state index in [-0.39, 0.29) is 1.43 Å². The van der Waals surface area contributed by atoms with E-state index in [1.165, 1.54) is 11.3 Å². The lowest BCUT2D eigenvalue weighted by Gasteiger charge is -2.27. The van der Waals surface area contributed by atoms with Gasteiger partial charge in [0.25, 0.3) is 0 Å². The number of hydrogen-bond donors (Lipinski definition) is 2. The fourth-order valence-electron chi connectivity index (χ4n) is 1.53. The highest BCUT2D eigenvalue weighted by Gasteiger charge is 2.13. The van der Waals surface area contributed by atoms with E-state index in [0.717, 1.165) is 13.0 Å². The van der Waals surface area contributed by atoms with Crippen LogP contribution in [0.1, 0.15) is 20.3 Å². The second-order valence-corrected chi connectivity index (χ2v) is 3.14. The van der Waals surface area contributed by atoms with E-state index in [9.17, 15) is 0 Å². The van der Waals surface area contributed by atoms with Crippen LogP contribution < -0.4 is 10.6 Å². The highest BCUT2D eigenvalue weighted by atomic mass is 15.1. The maximum Gasteiger partial charge on any atom is 0.0768 e. The monoisotopic (exact) mass is 164 g/mol. The quantitative estimate of drug-likeness (QED) is 0.664. The molecular formula is C10H16N2. The summed E-state index contributed by atoms with van der Waals surface area (Å²) in [4.78, 5) is 0. The zero-order valence-corrected chi connectivity index (χ0v) is 7.30. The molecule has 1 unspecified atom stereocenters. The van der Waals surface area contributed by atoms with Gasteiger partial charge in [0.15, 0.2) is 0 Å². The second-order valence-electron chi connectivity index (χ2n) is 3.14. The van der Waals surface area contributed by atoms with E-state index in [1.54, 1.807) is 0 Å². The normalized spacial score (nSPS) is 21.2. The standard InChI is InChI=1S/C10H14N2.H2/c1-2-10-11-7-8-5-3-4-6-9(8)12-10;/h3-6,10-12H,2,7H2,1H3;1H. The molecule has 0 radical (unpaired) electrons. The Labute approximate surface area is 74.5 Å². The van der Waals surface area contributed by atoms with Crippen LogP contribution in [0.2, 0.25) is 0 Å².